The fourth-order valence-corrected chi connectivity index (χ4v) is 2.97. The summed E-state index contributed by atoms with van der Waals surface area (Å²) in [6.45, 7) is 0. The van der Waals surface area contributed by atoms with Gasteiger partial charge in [0.2, 0.25) is 5.91 Å². The molecule has 0 saturated heterocycles. The van der Waals surface area contributed by atoms with Crippen molar-refractivity contribution in [3.63, 3.8) is 0 Å². The van der Waals surface area contributed by atoms with E-state index in [1.54, 1.807) is 0 Å². The first-order chi connectivity index (χ1) is 12.8. The van der Waals surface area contributed by atoms with Crippen LogP contribution in [-0.2, 0) is 11.2 Å². The molecule has 1 heterocycles. The van der Waals surface area contributed by atoms with Crippen LogP contribution in [0.15, 0.2) is 91.0 Å². The number of benzene rings is 3. The summed E-state index contributed by atoms with van der Waals surface area (Å²) in [4.78, 5) is 17.0. The number of hydrogen-bond donors (Lipinski definition) is 1. The lowest BCUT2D eigenvalue weighted by Gasteiger charge is -2.08. The van der Waals surface area contributed by atoms with Gasteiger partial charge in [-0.3, -0.25) is 4.79 Å². The third kappa shape index (κ3) is 3.62. The molecule has 0 saturated carbocycles. The Morgan fingerprint density at radius 2 is 1.62 bits per heavy atom. The molecule has 26 heavy (non-hydrogen) atoms. The van der Waals surface area contributed by atoms with Crippen molar-refractivity contribution in [2.45, 2.75) is 6.42 Å². The average Bonchev–Trinajstić information content (AvgIpc) is 2.68. The van der Waals surface area contributed by atoms with Crippen molar-refractivity contribution in [3.05, 3.63) is 96.6 Å². The van der Waals surface area contributed by atoms with Crippen molar-refractivity contribution in [1.82, 2.24) is 4.98 Å². The molecular weight excluding hydrogens is 320 g/mol. The number of anilines is 1. The summed E-state index contributed by atoms with van der Waals surface area (Å²) in [5.41, 5.74) is 4.61. The molecule has 3 aromatic carbocycles. The maximum atomic E-state index is 12.3. The highest BCUT2D eigenvalue weighted by molar-refractivity contribution is 5.93. The van der Waals surface area contributed by atoms with Crippen molar-refractivity contribution >= 4 is 22.5 Å². The largest absolute Gasteiger partial charge is 0.326 e. The molecule has 1 N–H and O–H groups in total. The predicted octanol–water partition coefficient (Wildman–Crippen LogP) is 5.08. The topological polar surface area (TPSA) is 42.0 Å². The van der Waals surface area contributed by atoms with Crippen molar-refractivity contribution in [3.8, 4) is 11.3 Å². The smallest absolute Gasteiger partial charge is 0.228 e. The molecular formula is C23H18N2O. The molecule has 3 heteroatoms. The van der Waals surface area contributed by atoms with E-state index in [1.165, 1.54) is 0 Å². The highest BCUT2D eigenvalue weighted by Crippen LogP contribution is 2.23. The van der Waals surface area contributed by atoms with E-state index in [0.717, 1.165) is 33.4 Å². The van der Waals surface area contributed by atoms with E-state index in [1.807, 2.05) is 84.9 Å². The van der Waals surface area contributed by atoms with Gasteiger partial charge in [0.15, 0.2) is 0 Å². The Balaban J connectivity index is 1.55. The first kappa shape index (κ1) is 16.0. The monoisotopic (exact) mass is 338 g/mol. The van der Waals surface area contributed by atoms with Gasteiger partial charge in [-0.1, -0.05) is 66.7 Å². The number of carbonyl (C=O) groups excluding carboxylic acids is 1. The van der Waals surface area contributed by atoms with Gasteiger partial charge < -0.3 is 5.32 Å². The maximum absolute atomic E-state index is 12.3. The van der Waals surface area contributed by atoms with Gasteiger partial charge in [-0.25, -0.2) is 4.98 Å². The summed E-state index contributed by atoms with van der Waals surface area (Å²) in [6, 6.07) is 29.6. The number of nitrogens with zero attached hydrogens (tertiary/aromatic N) is 1. The van der Waals surface area contributed by atoms with Crippen LogP contribution in [0, 0.1) is 0 Å². The van der Waals surface area contributed by atoms with Crippen molar-refractivity contribution in [1.29, 1.82) is 0 Å². The molecule has 0 unspecified atom stereocenters. The minimum Gasteiger partial charge on any atom is -0.326 e. The molecule has 4 aromatic rings. The van der Waals surface area contributed by atoms with Crippen LogP contribution in [0.5, 0.6) is 0 Å². The van der Waals surface area contributed by atoms with Crippen LogP contribution >= 0.6 is 0 Å². The number of hydrogen-bond acceptors (Lipinski definition) is 2. The number of fused-ring (bicyclic) bond motifs is 1. The van der Waals surface area contributed by atoms with Gasteiger partial charge in [0.1, 0.15) is 0 Å². The molecule has 1 aromatic heterocycles. The molecule has 4 rings (SSSR count). The van der Waals surface area contributed by atoms with E-state index in [-0.39, 0.29) is 5.91 Å². The van der Waals surface area contributed by atoms with E-state index in [2.05, 4.69) is 11.4 Å². The van der Waals surface area contributed by atoms with Crippen molar-refractivity contribution in [2.75, 3.05) is 5.32 Å². The van der Waals surface area contributed by atoms with Crippen LogP contribution in [0.3, 0.4) is 0 Å². The molecule has 0 bridgehead atoms. The fraction of sp³-hybridized carbons (Fsp3) is 0.0435. The summed E-state index contributed by atoms with van der Waals surface area (Å²) in [5, 5.41) is 4.09. The van der Waals surface area contributed by atoms with E-state index in [0.29, 0.717) is 6.42 Å². The summed E-state index contributed by atoms with van der Waals surface area (Å²) in [7, 11) is 0. The SMILES string of the molecule is O=C(Cc1ccccc1)Nc1cccc(-c2ccc3ccccc3n2)c1. The zero-order valence-electron chi connectivity index (χ0n) is 14.2. The Labute approximate surface area is 152 Å². The highest BCUT2D eigenvalue weighted by Gasteiger charge is 2.06. The van der Waals surface area contributed by atoms with Gasteiger partial charge >= 0.3 is 0 Å². The van der Waals surface area contributed by atoms with Crippen LogP contribution in [0.1, 0.15) is 5.56 Å². The third-order valence-corrected chi connectivity index (χ3v) is 4.25. The Morgan fingerprint density at radius 1 is 0.808 bits per heavy atom. The zero-order valence-corrected chi connectivity index (χ0v) is 14.2. The lowest BCUT2D eigenvalue weighted by Crippen LogP contribution is -2.14. The lowest BCUT2D eigenvalue weighted by atomic mass is 10.1. The predicted molar refractivity (Wildman–Crippen MR) is 106 cm³/mol. The lowest BCUT2D eigenvalue weighted by molar-refractivity contribution is -0.115. The third-order valence-electron chi connectivity index (χ3n) is 4.25. The molecule has 0 aliphatic heterocycles. The minimum absolute atomic E-state index is 0.0279. The minimum atomic E-state index is -0.0279. The number of carbonyl (C=O) groups is 1. The number of rotatable bonds is 4. The van der Waals surface area contributed by atoms with E-state index in [4.69, 9.17) is 4.98 Å². The van der Waals surface area contributed by atoms with Crippen LogP contribution in [0.4, 0.5) is 5.69 Å². The van der Waals surface area contributed by atoms with Crippen LogP contribution < -0.4 is 5.32 Å². The summed E-state index contributed by atoms with van der Waals surface area (Å²) in [6.07, 6.45) is 0.360. The van der Waals surface area contributed by atoms with Crippen LogP contribution in [0.25, 0.3) is 22.2 Å². The Kier molecular flexibility index (Phi) is 4.44. The number of amides is 1. The molecule has 0 aliphatic rings. The Morgan fingerprint density at radius 3 is 2.50 bits per heavy atom. The number of nitrogens with one attached hydrogen (secondary N) is 1. The summed E-state index contributed by atoms with van der Waals surface area (Å²) >= 11 is 0. The quantitative estimate of drug-likeness (QED) is 0.563. The normalized spacial score (nSPS) is 10.6. The van der Waals surface area contributed by atoms with Crippen molar-refractivity contribution in [2.24, 2.45) is 0 Å². The Hall–Kier alpha value is -3.46. The second-order valence-corrected chi connectivity index (χ2v) is 6.18. The van der Waals surface area contributed by atoms with Gasteiger partial charge in [0.05, 0.1) is 17.6 Å². The van der Waals surface area contributed by atoms with Gasteiger partial charge in [0, 0.05) is 16.6 Å². The van der Waals surface area contributed by atoms with Crippen molar-refractivity contribution < 1.29 is 4.79 Å². The van der Waals surface area contributed by atoms with E-state index < -0.39 is 0 Å². The zero-order chi connectivity index (χ0) is 17.8. The van der Waals surface area contributed by atoms with Crippen LogP contribution in [-0.4, -0.2) is 10.9 Å². The maximum Gasteiger partial charge on any atom is 0.228 e. The highest BCUT2D eigenvalue weighted by atomic mass is 16.1. The van der Waals surface area contributed by atoms with Gasteiger partial charge in [-0.15, -0.1) is 0 Å². The second-order valence-electron chi connectivity index (χ2n) is 6.18. The average molecular weight is 338 g/mol. The van der Waals surface area contributed by atoms with E-state index >= 15 is 0 Å². The van der Waals surface area contributed by atoms with Crippen LogP contribution in [0.2, 0.25) is 0 Å². The fourth-order valence-electron chi connectivity index (χ4n) is 2.97. The second kappa shape index (κ2) is 7.19. The molecule has 1 amide bonds. The molecule has 0 spiro atoms. The number of pyridine rings is 1. The summed E-state index contributed by atoms with van der Waals surface area (Å²) in [5.74, 6) is -0.0279. The molecule has 0 aliphatic carbocycles. The molecule has 126 valence electrons. The number of para-hydroxylation sites is 1. The first-order valence-electron chi connectivity index (χ1n) is 8.58. The number of aromatic nitrogens is 1. The van der Waals surface area contributed by atoms with Gasteiger partial charge in [0.25, 0.3) is 0 Å². The molecule has 0 radical (unpaired) electrons. The Bertz CT molecular complexity index is 1060. The van der Waals surface area contributed by atoms with Gasteiger partial charge in [-0.05, 0) is 29.8 Å². The molecule has 0 atom stereocenters. The standard InChI is InChI=1S/C23H18N2O/c26-23(15-17-7-2-1-3-8-17)24-20-11-6-10-19(16-20)22-14-13-18-9-4-5-12-21(18)25-22/h1-14,16H,15H2,(H,24,26). The summed E-state index contributed by atoms with van der Waals surface area (Å²) < 4.78 is 0. The molecule has 0 fully saturated rings. The first-order valence-corrected chi connectivity index (χ1v) is 8.58. The van der Waals surface area contributed by atoms with Gasteiger partial charge in [-0.2, -0.15) is 0 Å². The molecule has 3 nitrogen and oxygen atoms in total. The van der Waals surface area contributed by atoms with E-state index in [9.17, 15) is 4.79 Å².